The van der Waals surface area contributed by atoms with E-state index in [1.54, 1.807) is 6.07 Å². The Kier molecular flexibility index (Phi) is 3.41. The van der Waals surface area contributed by atoms with Gasteiger partial charge in [0.25, 0.3) is 0 Å². The summed E-state index contributed by atoms with van der Waals surface area (Å²) in [5, 5.41) is 30.0. The fourth-order valence-corrected chi connectivity index (χ4v) is 3.30. The van der Waals surface area contributed by atoms with Gasteiger partial charge >= 0.3 is 0 Å². The summed E-state index contributed by atoms with van der Waals surface area (Å²) in [4.78, 5) is 12.9. The van der Waals surface area contributed by atoms with Crippen LogP contribution in [-0.4, -0.2) is 33.3 Å². The van der Waals surface area contributed by atoms with Crippen molar-refractivity contribution in [3.63, 3.8) is 0 Å². The van der Waals surface area contributed by atoms with Gasteiger partial charge in [-0.05, 0) is 37.6 Å². The van der Waals surface area contributed by atoms with Crippen molar-refractivity contribution in [2.75, 3.05) is 6.61 Å². The summed E-state index contributed by atoms with van der Waals surface area (Å²) in [5.74, 6) is -1.05. The number of Topliss-reactive ketones (excluding diaryl/α,β-unsaturated/α-hetero) is 1. The van der Waals surface area contributed by atoms with E-state index in [1.165, 1.54) is 12.1 Å². The van der Waals surface area contributed by atoms with E-state index in [2.05, 4.69) is 0 Å². The van der Waals surface area contributed by atoms with Crippen molar-refractivity contribution in [3.8, 4) is 28.7 Å². The Balaban J connectivity index is 1.76. The first-order valence-electron chi connectivity index (χ1n) is 8.23. The minimum atomic E-state index is -0.683. The quantitative estimate of drug-likeness (QED) is 0.727. The van der Waals surface area contributed by atoms with E-state index in [9.17, 15) is 20.1 Å². The van der Waals surface area contributed by atoms with Crippen LogP contribution >= 0.6 is 0 Å². The molecule has 0 saturated carbocycles. The molecule has 6 nitrogen and oxygen atoms in total. The van der Waals surface area contributed by atoms with E-state index in [0.29, 0.717) is 16.9 Å². The van der Waals surface area contributed by atoms with Crippen LogP contribution < -0.4 is 9.47 Å². The molecule has 0 saturated heterocycles. The van der Waals surface area contributed by atoms with Crippen molar-refractivity contribution >= 4 is 11.9 Å². The molecule has 0 amide bonds. The van der Waals surface area contributed by atoms with Crippen molar-refractivity contribution in [2.45, 2.75) is 25.4 Å². The van der Waals surface area contributed by atoms with Crippen molar-refractivity contribution < 1.29 is 29.6 Å². The third kappa shape index (κ3) is 2.54. The summed E-state index contributed by atoms with van der Waals surface area (Å²) in [6.07, 6.45) is 3.72. The molecule has 2 aliphatic heterocycles. The summed E-state index contributed by atoms with van der Waals surface area (Å²) in [6.45, 7) is 3.81. The van der Waals surface area contributed by atoms with E-state index in [4.69, 9.17) is 9.47 Å². The number of ether oxygens (including phenoxy) is 2. The molecule has 3 N–H and O–H groups in total. The molecule has 4 rings (SSSR count). The van der Waals surface area contributed by atoms with Crippen LogP contribution in [-0.2, 0) is 0 Å². The summed E-state index contributed by atoms with van der Waals surface area (Å²) in [7, 11) is 0. The number of rotatable bonds is 1. The number of carbonyl (C=O) groups excluding carboxylic acids is 1. The number of ketones is 1. The molecule has 26 heavy (non-hydrogen) atoms. The Labute approximate surface area is 149 Å². The van der Waals surface area contributed by atoms with Crippen LogP contribution in [0, 0.1) is 0 Å². The zero-order chi connectivity index (χ0) is 18.6. The first-order chi connectivity index (χ1) is 12.2. The molecule has 0 spiro atoms. The maximum Gasteiger partial charge on any atom is 0.181 e. The Bertz CT molecular complexity index is 957. The molecule has 6 heteroatoms. The molecular formula is C20H18O6. The number of benzene rings is 2. The molecule has 134 valence electrons. The minimum absolute atomic E-state index is 0.0317. The summed E-state index contributed by atoms with van der Waals surface area (Å²) in [6, 6.07) is 5.66. The van der Waals surface area contributed by atoms with Gasteiger partial charge in [-0.3, -0.25) is 4.79 Å². The van der Waals surface area contributed by atoms with Gasteiger partial charge in [-0.25, -0.2) is 0 Å². The molecule has 1 unspecified atom stereocenters. The molecule has 2 aromatic carbocycles. The number of carbonyl (C=O) groups is 1. The highest BCUT2D eigenvalue weighted by molar-refractivity contribution is 6.06. The van der Waals surface area contributed by atoms with E-state index in [1.807, 2.05) is 26.0 Å². The maximum absolute atomic E-state index is 12.9. The second kappa shape index (κ2) is 5.42. The monoisotopic (exact) mass is 354 g/mol. The van der Waals surface area contributed by atoms with Gasteiger partial charge in [0.15, 0.2) is 17.3 Å². The van der Waals surface area contributed by atoms with Gasteiger partial charge in [-0.2, -0.15) is 0 Å². The normalized spacial score (nSPS) is 19.9. The van der Waals surface area contributed by atoms with E-state index in [0.717, 1.165) is 6.07 Å². The first-order valence-corrected chi connectivity index (χ1v) is 8.23. The third-order valence-electron chi connectivity index (χ3n) is 4.59. The molecule has 0 radical (unpaired) electrons. The topological polar surface area (TPSA) is 96.2 Å². The zero-order valence-corrected chi connectivity index (χ0v) is 14.3. The van der Waals surface area contributed by atoms with E-state index < -0.39 is 11.5 Å². The van der Waals surface area contributed by atoms with Gasteiger partial charge in [0, 0.05) is 17.7 Å². The molecule has 2 aromatic rings. The molecule has 0 aromatic heterocycles. The Morgan fingerprint density at radius 1 is 1.08 bits per heavy atom. The lowest BCUT2D eigenvalue weighted by Gasteiger charge is -2.30. The van der Waals surface area contributed by atoms with Crippen molar-refractivity contribution in [3.05, 3.63) is 47.0 Å². The number of hydrogen-bond acceptors (Lipinski definition) is 6. The van der Waals surface area contributed by atoms with Crippen LogP contribution in [0.1, 0.15) is 41.3 Å². The van der Waals surface area contributed by atoms with Crippen LogP contribution in [0.3, 0.4) is 0 Å². The SMILES string of the molecule is CC1(C)C=Cc2cc(C3COc4cc(O)cc(O)c4C3=O)cc(O)c2O1. The number of phenolic OH excluding ortho intramolecular Hbond substituents is 3. The van der Waals surface area contributed by atoms with Crippen LogP contribution in [0.5, 0.6) is 28.7 Å². The van der Waals surface area contributed by atoms with Gasteiger partial charge in [-0.1, -0.05) is 6.08 Å². The smallest absolute Gasteiger partial charge is 0.181 e. The van der Waals surface area contributed by atoms with Crippen LogP contribution in [0.2, 0.25) is 0 Å². The van der Waals surface area contributed by atoms with Gasteiger partial charge in [0.2, 0.25) is 0 Å². The number of aromatic hydroxyl groups is 3. The fraction of sp³-hybridized carbons (Fsp3) is 0.250. The molecule has 0 bridgehead atoms. The lowest BCUT2D eigenvalue weighted by molar-refractivity contribution is 0.0891. The van der Waals surface area contributed by atoms with E-state index >= 15 is 0 Å². The maximum atomic E-state index is 12.9. The highest BCUT2D eigenvalue weighted by Gasteiger charge is 2.34. The van der Waals surface area contributed by atoms with E-state index in [-0.39, 0.29) is 41.0 Å². The summed E-state index contributed by atoms with van der Waals surface area (Å²) in [5.41, 5.74) is 0.747. The second-order valence-electron chi connectivity index (χ2n) is 7.06. The number of phenols is 3. The van der Waals surface area contributed by atoms with Gasteiger partial charge < -0.3 is 24.8 Å². The zero-order valence-electron chi connectivity index (χ0n) is 14.3. The predicted octanol–water partition coefficient (Wildman–Crippen LogP) is 3.35. The lowest BCUT2D eigenvalue weighted by atomic mass is 9.87. The summed E-state index contributed by atoms with van der Waals surface area (Å²) >= 11 is 0. The van der Waals surface area contributed by atoms with Crippen molar-refractivity contribution in [2.24, 2.45) is 0 Å². The first kappa shape index (κ1) is 16.3. The fourth-order valence-electron chi connectivity index (χ4n) is 3.30. The Hall–Kier alpha value is -3.15. The molecule has 2 aliphatic rings. The van der Waals surface area contributed by atoms with Crippen LogP contribution in [0.15, 0.2) is 30.3 Å². The predicted molar refractivity (Wildman–Crippen MR) is 94.2 cm³/mol. The third-order valence-corrected chi connectivity index (χ3v) is 4.59. The van der Waals surface area contributed by atoms with Crippen LogP contribution in [0.4, 0.5) is 0 Å². The largest absolute Gasteiger partial charge is 0.508 e. The Morgan fingerprint density at radius 2 is 1.85 bits per heavy atom. The molecule has 2 heterocycles. The molecular weight excluding hydrogens is 336 g/mol. The van der Waals surface area contributed by atoms with Gasteiger partial charge in [0.05, 0.1) is 5.92 Å². The lowest BCUT2D eigenvalue weighted by Crippen LogP contribution is -2.28. The number of hydrogen-bond donors (Lipinski definition) is 3. The average molecular weight is 354 g/mol. The van der Waals surface area contributed by atoms with Gasteiger partial charge in [0.1, 0.15) is 35.0 Å². The van der Waals surface area contributed by atoms with Crippen LogP contribution in [0.25, 0.3) is 6.08 Å². The highest BCUT2D eigenvalue weighted by atomic mass is 16.5. The van der Waals surface area contributed by atoms with Crippen molar-refractivity contribution in [1.82, 2.24) is 0 Å². The molecule has 1 atom stereocenters. The Morgan fingerprint density at radius 3 is 2.62 bits per heavy atom. The van der Waals surface area contributed by atoms with Crippen molar-refractivity contribution in [1.29, 1.82) is 0 Å². The molecule has 0 aliphatic carbocycles. The molecule has 0 fully saturated rings. The highest BCUT2D eigenvalue weighted by Crippen LogP contribution is 2.44. The summed E-state index contributed by atoms with van der Waals surface area (Å²) < 4.78 is 11.4. The standard InChI is InChI=1S/C20H18O6/c1-20(2)4-3-10-5-11(6-15(23)19(10)26-20)13-9-25-16-8-12(21)7-14(22)17(16)18(13)24/h3-8,13,21-23H,9H2,1-2H3. The minimum Gasteiger partial charge on any atom is -0.508 e. The second-order valence-corrected chi connectivity index (χ2v) is 7.06. The average Bonchev–Trinajstić information content (AvgIpc) is 2.54. The number of fused-ring (bicyclic) bond motifs is 2. The van der Waals surface area contributed by atoms with Gasteiger partial charge in [-0.15, -0.1) is 0 Å².